The first-order chi connectivity index (χ1) is 12.8. The van der Waals surface area contributed by atoms with Crippen LogP contribution in [0.15, 0.2) is 48.9 Å². The van der Waals surface area contributed by atoms with E-state index in [9.17, 15) is 0 Å². The highest BCUT2D eigenvalue weighted by Crippen LogP contribution is 2.45. The van der Waals surface area contributed by atoms with E-state index in [1.54, 1.807) is 6.33 Å². The molecule has 0 amide bonds. The van der Waals surface area contributed by atoms with E-state index in [0.717, 1.165) is 36.5 Å². The predicted molar refractivity (Wildman–Crippen MR) is 104 cm³/mol. The normalized spacial score (nSPS) is 19.3. The molecule has 2 fully saturated rings. The molecule has 2 aromatic heterocycles. The van der Waals surface area contributed by atoms with Crippen molar-refractivity contribution in [3.63, 3.8) is 0 Å². The molecule has 3 heterocycles. The number of anilines is 1. The molecule has 1 aromatic carbocycles. The molecule has 1 aliphatic heterocycles. The Balaban J connectivity index is 1.25. The topological polar surface area (TPSA) is 48.1 Å². The largest absolute Gasteiger partial charge is 0.353 e. The van der Waals surface area contributed by atoms with Crippen LogP contribution in [-0.2, 0) is 6.42 Å². The van der Waals surface area contributed by atoms with Gasteiger partial charge in [0.15, 0.2) is 0 Å². The lowest BCUT2D eigenvalue weighted by molar-refractivity contribution is 0.156. The Labute approximate surface area is 154 Å². The molecule has 3 aromatic rings. The number of fused-ring (bicyclic) bond motifs is 1. The SMILES string of the molecule is c1ccc(CCCN2CCN(c3ncnc4[nH]ccc34)CC23CC3)cc1. The molecule has 5 rings (SSSR count). The zero-order valence-corrected chi connectivity index (χ0v) is 15.1. The number of hydrogen-bond acceptors (Lipinski definition) is 4. The number of rotatable bonds is 5. The maximum atomic E-state index is 4.60. The predicted octanol–water partition coefficient (Wildman–Crippen LogP) is 3.25. The minimum absolute atomic E-state index is 0.377. The van der Waals surface area contributed by atoms with Gasteiger partial charge in [0.05, 0.1) is 5.39 Å². The van der Waals surface area contributed by atoms with E-state index >= 15 is 0 Å². The Morgan fingerprint density at radius 1 is 1.04 bits per heavy atom. The maximum absolute atomic E-state index is 4.60. The second-order valence-electron chi connectivity index (χ2n) is 7.66. The first-order valence-corrected chi connectivity index (χ1v) is 9.66. The second-order valence-corrected chi connectivity index (χ2v) is 7.66. The lowest BCUT2D eigenvalue weighted by atomic mass is 10.1. The highest BCUT2D eigenvalue weighted by molar-refractivity contribution is 5.87. The van der Waals surface area contributed by atoms with Crippen molar-refractivity contribution in [1.29, 1.82) is 0 Å². The Morgan fingerprint density at radius 3 is 2.77 bits per heavy atom. The number of H-pyrrole nitrogens is 1. The van der Waals surface area contributed by atoms with Crippen LogP contribution in [0.3, 0.4) is 0 Å². The molecule has 1 spiro atoms. The smallest absolute Gasteiger partial charge is 0.142 e. The van der Waals surface area contributed by atoms with Crippen LogP contribution in [0.2, 0.25) is 0 Å². The number of benzene rings is 1. The third-order valence-electron chi connectivity index (χ3n) is 5.99. The van der Waals surface area contributed by atoms with Gasteiger partial charge in [0.1, 0.15) is 17.8 Å². The number of aromatic nitrogens is 3. The monoisotopic (exact) mass is 347 g/mol. The summed E-state index contributed by atoms with van der Waals surface area (Å²) in [5, 5.41) is 1.14. The first kappa shape index (κ1) is 15.8. The molecule has 5 heteroatoms. The first-order valence-electron chi connectivity index (χ1n) is 9.66. The summed E-state index contributed by atoms with van der Waals surface area (Å²) < 4.78 is 0. The molecule has 0 bridgehead atoms. The molecule has 1 N–H and O–H groups in total. The summed E-state index contributed by atoms with van der Waals surface area (Å²) in [7, 11) is 0. The zero-order valence-electron chi connectivity index (χ0n) is 15.1. The lowest BCUT2D eigenvalue weighted by Crippen LogP contribution is -2.55. The van der Waals surface area contributed by atoms with Crippen molar-refractivity contribution in [3.05, 3.63) is 54.5 Å². The van der Waals surface area contributed by atoms with Gasteiger partial charge < -0.3 is 9.88 Å². The van der Waals surface area contributed by atoms with Gasteiger partial charge in [-0.1, -0.05) is 30.3 Å². The summed E-state index contributed by atoms with van der Waals surface area (Å²) in [6.07, 6.45) is 8.68. The van der Waals surface area contributed by atoms with Crippen LogP contribution in [0.25, 0.3) is 11.0 Å². The summed E-state index contributed by atoms with van der Waals surface area (Å²) in [6.45, 7) is 4.47. The number of nitrogens with zero attached hydrogens (tertiary/aromatic N) is 4. The molecule has 0 atom stereocenters. The molecule has 5 nitrogen and oxygen atoms in total. The van der Waals surface area contributed by atoms with E-state index < -0.39 is 0 Å². The van der Waals surface area contributed by atoms with Crippen molar-refractivity contribution in [3.8, 4) is 0 Å². The van der Waals surface area contributed by atoms with Gasteiger partial charge in [-0.05, 0) is 43.9 Å². The van der Waals surface area contributed by atoms with Gasteiger partial charge in [-0.25, -0.2) is 9.97 Å². The fourth-order valence-electron chi connectivity index (χ4n) is 4.39. The standard InChI is InChI=1S/C21H25N5/c1-2-5-17(6-3-1)7-4-12-26-14-13-25(15-21(26)9-10-21)20-18-8-11-22-19(18)23-16-24-20/h1-3,5-6,8,11,16H,4,7,9-10,12-15H2,(H,22,23,24). The summed E-state index contributed by atoms with van der Waals surface area (Å²) in [6, 6.07) is 12.9. The number of nitrogens with one attached hydrogen (secondary N) is 1. The van der Waals surface area contributed by atoms with Crippen LogP contribution in [0.4, 0.5) is 5.82 Å². The molecule has 1 saturated heterocycles. The van der Waals surface area contributed by atoms with Crippen molar-refractivity contribution in [2.45, 2.75) is 31.2 Å². The fraction of sp³-hybridized carbons (Fsp3) is 0.429. The van der Waals surface area contributed by atoms with E-state index in [-0.39, 0.29) is 0 Å². The Hall–Kier alpha value is -2.40. The highest BCUT2D eigenvalue weighted by atomic mass is 15.4. The minimum atomic E-state index is 0.377. The zero-order chi connectivity index (χ0) is 17.4. The van der Waals surface area contributed by atoms with Crippen LogP contribution in [0.1, 0.15) is 24.8 Å². The van der Waals surface area contributed by atoms with Crippen molar-refractivity contribution in [2.75, 3.05) is 31.1 Å². The van der Waals surface area contributed by atoms with Gasteiger partial charge in [0, 0.05) is 31.4 Å². The van der Waals surface area contributed by atoms with E-state index in [2.05, 4.69) is 61.1 Å². The number of hydrogen-bond donors (Lipinski definition) is 1. The van der Waals surface area contributed by atoms with Gasteiger partial charge in [0.2, 0.25) is 0 Å². The lowest BCUT2D eigenvalue weighted by Gasteiger charge is -2.43. The third-order valence-corrected chi connectivity index (χ3v) is 5.99. The minimum Gasteiger partial charge on any atom is -0.353 e. The summed E-state index contributed by atoms with van der Waals surface area (Å²) in [5.41, 5.74) is 2.76. The van der Waals surface area contributed by atoms with E-state index in [1.165, 1.54) is 37.8 Å². The molecular formula is C21H25N5. The van der Waals surface area contributed by atoms with Gasteiger partial charge in [-0.2, -0.15) is 0 Å². The number of aromatic amines is 1. The molecular weight excluding hydrogens is 322 g/mol. The second kappa shape index (κ2) is 6.40. The van der Waals surface area contributed by atoms with Crippen LogP contribution in [0, 0.1) is 0 Å². The van der Waals surface area contributed by atoms with Crippen LogP contribution < -0.4 is 4.90 Å². The summed E-state index contributed by atoms with van der Waals surface area (Å²) in [4.78, 5) is 17.3. The quantitative estimate of drug-likeness (QED) is 0.770. The number of piperazine rings is 1. The van der Waals surface area contributed by atoms with Gasteiger partial charge in [-0.15, -0.1) is 0 Å². The maximum Gasteiger partial charge on any atom is 0.142 e. The van der Waals surface area contributed by atoms with Gasteiger partial charge in [0.25, 0.3) is 0 Å². The van der Waals surface area contributed by atoms with Crippen LogP contribution >= 0.6 is 0 Å². The molecule has 1 saturated carbocycles. The average molecular weight is 347 g/mol. The highest BCUT2D eigenvalue weighted by Gasteiger charge is 2.51. The van der Waals surface area contributed by atoms with Crippen molar-refractivity contribution >= 4 is 16.9 Å². The van der Waals surface area contributed by atoms with Crippen molar-refractivity contribution < 1.29 is 0 Å². The fourth-order valence-corrected chi connectivity index (χ4v) is 4.39. The molecule has 1 aliphatic carbocycles. The van der Waals surface area contributed by atoms with Crippen LogP contribution in [-0.4, -0.2) is 51.6 Å². The summed E-state index contributed by atoms with van der Waals surface area (Å²) >= 11 is 0. The van der Waals surface area contributed by atoms with E-state index in [0.29, 0.717) is 5.54 Å². The van der Waals surface area contributed by atoms with Crippen LogP contribution in [0.5, 0.6) is 0 Å². The number of aryl methyl sites for hydroxylation is 1. The Bertz CT molecular complexity index is 884. The van der Waals surface area contributed by atoms with E-state index in [1.807, 2.05) is 6.20 Å². The average Bonchev–Trinajstić information content (AvgIpc) is 3.27. The van der Waals surface area contributed by atoms with Gasteiger partial charge >= 0.3 is 0 Å². The van der Waals surface area contributed by atoms with Crippen molar-refractivity contribution in [2.24, 2.45) is 0 Å². The molecule has 0 radical (unpaired) electrons. The van der Waals surface area contributed by atoms with Crippen molar-refractivity contribution in [1.82, 2.24) is 19.9 Å². The van der Waals surface area contributed by atoms with Gasteiger partial charge in [-0.3, -0.25) is 4.90 Å². The Morgan fingerprint density at radius 2 is 1.92 bits per heavy atom. The summed E-state index contributed by atoms with van der Waals surface area (Å²) in [5.74, 6) is 1.09. The molecule has 26 heavy (non-hydrogen) atoms. The van der Waals surface area contributed by atoms with E-state index in [4.69, 9.17) is 0 Å². The third kappa shape index (κ3) is 2.86. The Kier molecular flexibility index (Phi) is 3.89. The molecule has 0 unspecified atom stereocenters. The molecule has 2 aliphatic rings. The molecule has 134 valence electrons.